The van der Waals surface area contributed by atoms with Crippen molar-refractivity contribution in [1.82, 2.24) is 0 Å². The Kier molecular flexibility index (Phi) is 10.2. The molecule has 0 spiro atoms. The molecule has 0 aromatic heterocycles. The molecule has 0 bridgehead atoms. The lowest BCUT2D eigenvalue weighted by Crippen LogP contribution is -2.18. The van der Waals surface area contributed by atoms with Gasteiger partial charge in [-0.15, -0.1) is 0 Å². The molecule has 1 unspecified atom stereocenters. The summed E-state index contributed by atoms with van der Waals surface area (Å²) >= 11 is 0. The molecule has 0 radical (unpaired) electrons. The second-order valence-electron chi connectivity index (χ2n) is 17.8. The van der Waals surface area contributed by atoms with Crippen LogP contribution in [-0.2, 0) is 11.8 Å². The Morgan fingerprint density at radius 1 is 0.476 bits per heavy atom. The predicted molar refractivity (Wildman–Crippen MR) is 271 cm³/mol. The summed E-state index contributed by atoms with van der Waals surface area (Å²) in [5, 5.41) is 5.39. The summed E-state index contributed by atoms with van der Waals surface area (Å²) < 4.78 is 0. The van der Waals surface area contributed by atoms with Crippen LogP contribution in [0.3, 0.4) is 0 Å². The van der Waals surface area contributed by atoms with Crippen LogP contribution in [0.4, 0.5) is 11.4 Å². The normalized spacial score (nSPS) is 14.9. The molecule has 1 heteroatoms. The molecule has 0 N–H and O–H groups in total. The number of aryl methyl sites for hydroxylation is 3. The van der Waals surface area contributed by atoms with Gasteiger partial charge in [0.25, 0.3) is 0 Å². The molecule has 308 valence electrons. The zero-order valence-electron chi connectivity index (χ0n) is 37.6. The third kappa shape index (κ3) is 6.70. The summed E-state index contributed by atoms with van der Waals surface area (Å²) in [6.07, 6.45) is 3.51. The Morgan fingerprint density at radius 3 is 1.81 bits per heavy atom. The fourth-order valence-electron chi connectivity index (χ4n) is 10.7. The summed E-state index contributed by atoms with van der Waals surface area (Å²) in [6.45, 7) is 15.3. The van der Waals surface area contributed by atoms with E-state index in [2.05, 4.69) is 209 Å². The molecule has 0 amide bonds. The SMILES string of the molecule is CC.Cc1ccccc1.Cc1ccccc1-c1ccc(-c2cccc(N3C4=Cc5c(c6ccccc6c6ccccc56)CC4c4cc5c(cc43)C(C)(C)c3ccccc3-5)c2)cc1C. The predicted octanol–water partition coefficient (Wildman–Crippen LogP) is 17.1. The molecule has 12 rings (SSSR count). The lowest BCUT2D eigenvalue weighted by Gasteiger charge is -2.29. The molecule has 9 aromatic rings. The van der Waals surface area contributed by atoms with Crippen molar-refractivity contribution in [2.45, 2.75) is 66.2 Å². The molecule has 1 atom stereocenters. The number of nitrogens with zero attached hydrogens (tertiary/aromatic N) is 1. The van der Waals surface area contributed by atoms with E-state index in [1.54, 1.807) is 0 Å². The topological polar surface area (TPSA) is 3.24 Å². The third-order valence-electron chi connectivity index (χ3n) is 13.8. The minimum absolute atomic E-state index is 0.0810. The number of benzene rings is 9. The van der Waals surface area contributed by atoms with E-state index in [0.717, 1.165) is 6.42 Å². The van der Waals surface area contributed by atoms with Crippen LogP contribution >= 0.6 is 0 Å². The van der Waals surface area contributed by atoms with E-state index in [-0.39, 0.29) is 11.3 Å². The van der Waals surface area contributed by atoms with E-state index >= 15 is 0 Å². The van der Waals surface area contributed by atoms with E-state index < -0.39 is 0 Å². The summed E-state index contributed by atoms with van der Waals surface area (Å²) in [7, 11) is 0. The van der Waals surface area contributed by atoms with Crippen LogP contribution in [0, 0.1) is 20.8 Å². The van der Waals surface area contributed by atoms with E-state index in [9.17, 15) is 0 Å². The van der Waals surface area contributed by atoms with Crippen LogP contribution in [-0.4, -0.2) is 0 Å². The van der Waals surface area contributed by atoms with Gasteiger partial charge in [0.05, 0.1) is 5.69 Å². The fraction of sp³-hybridized carbons (Fsp3) is 0.161. The van der Waals surface area contributed by atoms with Crippen LogP contribution in [0.2, 0.25) is 0 Å². The van der Waals surface area contributed by atoms with Gasteiger partial charge < -0.3 is 4.90 Å². The van der Waals surface area contributed by atoms with E-state index in [1.807, 2.05) is 32.0 Å². The second kappa shape index (κ2) is 16.1. The van der Waals surface area contributed by atoms with Crippen molar-refractivity contribution in [1.29, 1.82) is 0 Å². The molecule has 63 heavy (non-hydrogen) atoms. The van der Waals surface area contributed by atoms with Gasteiger partial charge in [-0.1, -0.05) is 191 Å². The van der Waals surface area contributed by atoms with Crippen LogP contribution < -0.4 is 4.90 Å². The van der Waals surface area contributed by atoms with E-state index in [1.165, 1.54) is 117 Å². The van der Waals surface area contributed by atoms with Gasteiger partial charge in [0.1, 0.15) is 0 Å². The van der Waals surface area contributed by atoms with Crippen LogP contribution in [0.5, 0.6) is 0 Å². The molecule has 3 aliphatic rings. The highest BCUT2D eigenvalue weighted by molar-refractivity contribution is 6.13. The molecular formula is C62H55N. The zero-order chi connectivity index (χ0) is 43.4. The summed E-state index contributed by atoms with van der Waals surface area (Å²) in [6, 6.07) is 67.3. The average molecular weight is 814 g/mol. The molecule has 1 heterocycles. The lowest BCUT2D eigenvalue weighted by molar-refractivity contribution is 0.660. The van der Waals surface area contributed by atoms with Crippen LogP contribution in [0.25, 0.3) is 61.0 Å². The molecule has 1 aliphatic heterocycles. The number of fused-ring (bicyclic) bond motifs is 12. The second-order valence-corrected chi connectivity index (χ2v) is 17.8. The zero-order valence-corrected chi connectivity index (χ0v) is 37.6. The Labute approximate surface area is 374 Å². The number of rotatable bonds is 3. The fourth-order valence-corrected chi connectivity index (χ4v) is 10.7. The molecular weight excluding hydrogens is 759 g/mol. The highest BCUT2D eigenvalue weighted by atomic mass is 15.2. The molecule has 0 saturated heterocycles. The summed E-state index contributed by atoms with van der Waals surface area (Å²) in [5.41, 5.74) is 22.7. The quantitative estimate of drug-likeness (QED) is 0.161. The Morgan fingerprint density at radius 2 is 1.10 bits per heavy atom. The van der Waals surface area contributed by atoms with Crippen molar-refractivity contribution in [3.8, 4) is 33.4 Å². The third-order valence-corrected chi connectivity index (χ3v) is 13.8. The molecule has 9 aromatic carbocycles. The molecule has 1 nitrogen and oxygen atoms in total. The van der Waals surface area contributed by atoms with Gasteiger partial charge in [-0.05, 0) is 151 Å². The first kappa shape index (κ1) is 40.1. The van der Waals surface area contributed by atoms with Crippen molar-refractivity contribution < 1.29 is 0 Å². The largest absolute Gasteiger partial charge is 0.313 e. The lowest BCUT2D eigenvalue weighted by atomic mass is 9.78. The summed E-state index contributed by atoms with van der Waals surface area (Å²) in [5.74, 6) is 0.248. The summed E-state index contributed by atoms with van der Waals surface area (Å²) in [4.78, 5) is 2.60. The van der Waals surface area contributed by atoms with E-state index in [4.69, 9.17) is 0 Å². The highest BCUT2D eigenvalue weighted by Crippen LogP contribution is 2.58. The van der Waals surface area contributed by atoms with Gasteiger partial charge in [-0.2, -0.15) is 0 Å². The van der Waals surface area contributed by atoms with Crippen molar-refractivity contribution in [2.24, 2.45) is 0 Å². The van der Waals surface area contributed by atoms with Crippen molar-refractivity contribution in [3.05, 3.63) is 232 Å². The van der Waals surface area contributed by atoms with Crippen molar-refractivity contribution in [2.75, 3.05) is 4.90 Å². The minimum atomic E-state index is -0.0810. The van der Waals surface area contributed by atoms with Crippen molar-refractivity contribution in [3.63, 3.8) is 0 Å². The van der Waals surface area contributed by atoms with Gasteiger partial charge in [0, 0.05) is 22.7 Å². The number of allylic oxidation sites excluding steroid dienone is 1. The van der Waals surface area contributed by atoms with E-state index in [0.29, 0.717) is 0 Å². The Balaban J connectivity index is 0.000000475. The monoisotopic (exact) mass is 813 g/mol. The Hall–Kier alpha value is -6.96. The number of anilines is 2. The molecule has 0 saturated carbocycles. The maximum atomic E-state index is 2.60. The van der Waals surface area contributed by atoms with Crippen LogP contribution in [0.1, 0.15) is 78.1 Å². The Bertz CT molecular complexity index is 3240. The average Bonchev–Trinajstić information content (AvgIpc) is 3.76. The van der Waals surface area contributed by atoms with Gasteiger partial charge in [-0.3, -0.25) is 0 Å². The number of hydrogen-bond acceptors (Lipinski definition) is 1. The highest BCUT2D eigenvalue weighted by Gasteiger charge is 2.43. The van der Waals surface area contributed by atoms with Gasteiger partial charge in [0.2, 0.25) is 0 Å². The maximum absolute atomic E-state index is 2.60. The first-order chi connectivity index (χ1) is 30.8. The van der Waals surface area contributed by atoms with Gasteiger partial charge in [0.15, 0.2) is 0 Å². The molecule has 0 fully saturated rings. The standard InChI is InChI=1S/C53H41N.C7H8.C2H6/c1-32-14-5-6-17-37(32)38-25-24-35(26-33(38)2)34-15-13-16-36(27-34)54-51-30-45-42-21-10-8-19-40(42)39-18-7-9-20-41(39)44(45)28-47(51)48-29-46-43-22-11-12-23-49(43)53(3,4)50(46)31-52(48)54;1-7-5-3-2-4-6-7;1-2/h5-27,29-31,47H,28H2,1-4H3;2-6H,1H3;1-2H3. The maximum Gasteiger partial charge on any atom is 0.0501 e. The first-order valence-electron chi connectivity index (χ1n) is 22.8. The smallest absolute Gasteiger partial charge is 0.0501 e. The van der Waals surface area contributed by atoms with Crippen LogP contribution in [0.15, 0.2) is 188 Å². The molecule has 2 aliphatic carbocycles. The van der Waals surface area contributed by atoms with Crippen molar-refractivity contribution >= 4 is 39.0 Å². The van der Waals surface area contributed by atoms with Gasteiger partial charge >= 0.3 is 0 Å². The first-order valence-corrected chi connectivity index (χ1v) is 22.8. The van der Waals surface area contributed by atoms with Gasteiger partial charge in [-0.25, -0.2) is 0 Å². The number of hydrogen-bond donors (Lipinski definition) is 0. The minimum Gasteiger partial charge on any atom is -0.313 e.